The van der Waals surface area contributed by atoms with Gasteiger partial charge in [0.2, 0.25) is 0 Å². The van der Waals surface area contributed by atoms with Crippen LogP contribution in [0.3, 0.4) is 0 Å². The van der Waals surface area contributed by atoms with Crippen LogP contribution in [-0.2, 0) is 0 Å². The number of para-hydroxylation sites is 1. The number of hydrogen-bond donors (Lipinski definition) is 2. The molecule has 1 fully saturated rings. The van der Waals surface area contributed by atoms with Crippen molar-refractivity contribution >= 4 is 35.6 Å². The second kappa shape index (κ2) is 12.4. The number of nitrogens with one attached hydrogen (secondary N) is 1. The van der Waals surface area contributed by atoms with E-state index >= 15 is 0 Å². The van der Waals surface area contributed by atoms with E-state index in [0.717, 1.165) is 45.7 Å². The third-order valence-electron chi connectivity index (χ3n) is 4.33. The Labute approximate surface area is 170 Å². The maximum absolute atomic E-state index is 5.84. The van der Waals surface area contributed by atoms with Crippen molar-refractivity contribution in [1.82, 2.24) is 10.2 Å². The topological polar surface area (TPSA) is 56.9 Å². The Kier molecular flexibility index (Phi) is 10.9. The molecular weight excluding hydrogens is 425 g/mol. The molecule has 0 atom stereocenters. The number of nitrogens with zero attached hydrogens (tertiary/aromatic N) is 3. The number of piperazine rings is 1. The molecule has 5 nitrogen and oxygen atoms in total. The van der Waals surface area contributed by atoms with E-state index in [9.17, 15) is 0 Å². The van der Waals surface area contributed by atoms with Gasteiger partial charge in [0.25, 0.3) is 0 Å². The summed E-state index contributed by atoms with van der Waals surface area (Å²) in [5.74, 6) is 1.14. The number of aliphatic imine (C=N–C) groups is 1. The average Bonchev–Trinajstić information content (AvgIpc) is 2.61. The van der Waals surface area contributed by atoms with Gasteiger partial charge in [-0.2, -0.15) is 0 Å². The highest BCUT2D eigenvalue weighted by atomic mass is 127. The Hall–Kier alpha value is -1.02. The minimum Gasteiger partial charge on any atom is -0.370 e. The Morgan fingerprint density at radius 2 is 1.80 bits per heavy atom. The summed E-state index contributed by atoms with van der Waals surface area (Å²) in [7, 11) is 0. The molecule has 1 aliphatic heterocycles. The van der Waals surface area contributed by atoms with Crippen LogP contribution >= 0.6 is 24.0 Å². The van der Waals surface area contributed by atoms with E-state index in [1.165, 1.54) is 18.7 Å². The van der Waals surface area contributed by atoms with Crippen LogP contribution in [0.1, 0.15) is 26.7 Å². The molecule has 25 heavy (non-hydrogen) atoms. The monoisotopic (exact) mass is 459 g/mol. The van der Waals surface area contributed by atoms with E-state index in [1.54, 1.807) is 0 Å². The molecule has 0 aromatic heterocycles. The van der Waals surface area contributed by atoms with Crippen molar-refractivity contribution in [3.8, 4) is 0 Å². The summed E-state index contributed by atoms with van der Waals surface area (Å²) in [5, 5.41) is 3.21. The van der Waals surface area contributed by atoms with Crippen molar-refractivity contribution in [2.45, 2.75) is 26.7 Å². The van der Waals surface area contributed by atoms with Crippen LogP contribution in [-0.4, -0.2) is 56.7 Å². The van der Waals surface area contributed by atoms with Gasteiger partial charge < -0.3 is 16.0 Å². The van der Waals surface area contributed by atoms with E-state index in [2.05, 4.69) is 64.3 Å². The van der Waals surface area contributed by atoms with E-state index in [1.807, 2.05) is 0 Å². The average molecular weight is 459 g/mol. The fraction of sp³-hybridized carbons (Fsp3) is 0.632. The minimum absolute atomic E-state index is 0. The highest BCUT2D eigenvalue weighted by molar-refractivity contribution is 14.0. The molecule has 0 aliphatic carbocycles. The summed E-state index contributed by atoms with van der Waals surface area (Å²) in [6, 6.07) is 10.7. The van der Waals surface area contributed by atoms with Gasteiger partial charge >= 0.3 is 0 Å². The molecule has 1 aromatic carbocycles. The number of unbranched alkanes of at least 4 members (excludes halogenated alkanes) is 1. The summed E-state index contributed by atoms with van der Waals surface area (Å²) in [6.45, 7) is 11.7. The summed E-state index contributed by atoms with van der Waals surface area (Å²) in [6.07, 6.45) is 2.34. The van der Waals surface area contributed by atoms with Crippen molar-refractivity contribution < 1.29 is 0 Å². The van der Waals surface area contributed by atoms with Gasteiger partial charge in [-0.3, -0.25) is 9.89 Å². The van der Waals surface area contributed by atoms with Gasteiger partial charge in [0, 0.05) is 45.0 Å². The molecule has 0 unspecified atom stereocenters. The number of anilines is 1. The number of benzene rings is 1. The lowest BCUT2D eigenvalue weighted by Crippen LogP contribution is -2.46. The van der Waals surface area contributed by atoms with E-state index in [0.29, 0.717) is 11.9 Å². The van der Waals surface area contributed by atoms with Crippen molar-refractivity contribution in [1.29, 1.82) is 0 Å². The molecule has 1 aliphatic rings. The number of guanidine groups is 1. The molecule has 6 heteroatoms. The normalized spacial score (nSPS) is 16.0. The number of halogens is 1. The quantitative estimate of drug-likeness (QED) is 0.272. The van der Waals surface area contributed by atoms with Gasteiger partial charge in [0.15, 0.2) is 5.96 Å². The van der Waals surface area contributed by atoms with Gasteiger partial charge in [0.1, 0.15) is 0 Å². The van der Waals surface area contributed by atoms with Crippen LogP contribution in [0.4, 0.5) is 5.69 Å². The summed E-state index contributed by atoms with van der Waals surface area (Å²) >= 11 is 0. The minimum atomic E-state index is 0. The lowest BCUT2D eigenvalue weighted by Gasteiger charge is -2.36. The van der Waals surface area contributed by atoms with Crippen LogP contribution in [0.25, 0.3) is 0 Å². The second-order valence-corrected chi connectivity index (χ2v) is 6.92. The van der Waals surface area contributed by atoms with E-state index < -0.39 is 0 Å². The van der Waals surface area contributed by atoms with Crippen LogP contribution < -0.4 is 16.0 Å². The smallest absolute Gasteiger partial charge is 0.188 e. The fourth-order valence-corrected chi connectivity index (χ4v) is 2.88. The maximum atomic E-state index is 5.84. The van der Waals surface area contributed by atoms with Gasteiger partial charge in [0.05, 0.1) is 0 Å². The summed E-state index contributed by atoms with van der Waals surface area (Å²) in [5.41, 5.74) is 7.19. The molecule has 0 radical (unpaired) electrons. The molecular formula is C19H34IN5. The first-order valence-electron chi connectivity index (χ1n) is 9.21. The standard InChI is InChI=1S/C19H33N5.HI/c1-17(2)16-22-19(20)21-10-6-7-11-23-12-14-24(15-13-23)18-8-4-3-5-9-18;/h3-5,8-9,17H,6-7,10-16H2,1-2H3,(H3,20,21,22);1H. The highest BCUT2D eigenvalue weighted by Crippen LogP contribution is 2.15. The lowest BCUT2D eigenvalue weighted by atomic mass is 10.2. The van der Waals surface area contributed by atoms with Crippen molar-refractivity contribution in [2.75, 3.05) is 50.7 Å². The third kappa shape index (κ3) is 8.76. The molecule has 0 spiro atoms. The van der Waals surface area contributed by atoms with Crippen molar-refractivity contribution in [2.24, 2.45) is 16.6 Å². The molecule has 142 valence electrons. The van der Waals surface area contributed by atoms with E-state index in [4.69, 9.17) is 5.73 Å². The molecule has 2 rings (SSSR count). The Balaban J connectivity index is 0.00000312. The fourth-order valence-electron chi connectivity index (χ4n) is 2.88. The van der Waals surface area contributed by atoms with E-state index in [-0.39, 0.29) is 24.0 Å². The first-order valence-corrected chi connectivity index (χ1v) is 9.21. The molecule has 0 saturated carbocycles. The first kappa shape index (κ1) is 22.0. The molecule has 1 saturated heterocycles. The second-order valence-electron chi connectivity index (χ2n) is 6.92. The molecule has 0 amide bonds. The number of hydrogen-bond acceptors (Lipinski definition) is 3. The predicted octanol–water partition coefficient (Wildman–Crippen LogP) is 2.77. The van der Waals surface area contributed by atoms with Gasteiger partial charge in [-0.1, -0.05) is 32.0 Å². The molecule has 1 aromatic rings. The Morgan fingerprint density at radius 3 is 2.44 bits per heavy atom. The largest absolute Gasteiger partial charge is 0.370 e. The van der Waals surface area contributed by atoms with Crippen LogP contribution in [0.5, 0.6) is 0 Å². The number of rotatable bonds is 8. The molecule has 3 N–H and O–H groups in total. The maximum Gasteiger partial charge on any atom is 0.188 e. The van der Waals surface area contributed by atoms with Gasteiger partial charge in [-0.15, -0.1) is 24.0 Å². The Morgan fingerprint density at radius 1 is 1.12 bits per heavy atom. The SMILES string of the molecule is CC(C)CN=C(N)NCCCCN1CCN(c2ccccc2)CC1.I. The zero-order chi connectivity index (χ0) is 17.2. The van der Waals surface area contributed by atoms with Crippen LogP contribution in [0.15, 0.2) is 35.3 Å². The Bertz CT molecular complexity index is 484. The lowest BCUT2D eigenvalue weighted by molar-refractivity contribution is 0.253. The predicted molar refractivity (Wildman–Crippen MR) is 119 cm³/mol. The summed E-state index contributed by atoms with van der Waals surface area (Å²) in [4.78, 5) is 9.36. The first-order chi connectivity index (χ1) is 11.6. The number of nitrogens with two attached hydrogens (primary N) is 1. The molecule has 1 heterocycles. The molecule has 0 bridgehead atoms. The van der Waals surface area contributed by atoms with Crippen molar-refractivity contribution in [3.63, 3.8) is 0 Å². The van der Waals surface area contributed by atoms with Crippen LogP contribution in [0, 0.1) is 5.92 Å². The van der Waals surface area contributed by atoms with Crippen LogP contribution in [0.2, 0.25) is 0 Å². The third-order valence-corrected chi connectivity index (χ3v) is 4.33. The van der Waals surface area contributed by atoms with Gasteiger partial charge in [-0.25, -0.2) is 0 Å². The van der Waals surface area contributed by atoms with Crippen molar-refractivity contribution in [3.05, 3.63) is 30.3 Å². The zero-order valence-electron chi connectivity index (χ0n) is 15.7. The highest BCUT2D eigenvalue weighted by Gasteiger charge is 2.16. The zero-order valence-corrected chi connectivity index (χ0v) is 18.0. The summed E-state index contributed by atoms with van der Waals surface area (Å²) < 4.78 is 0. The van der Waals surface area contributed by atoms with Gasteiger partial charge in [-0.05, 0) is 37.4 Å².